The Morgan fingerprint density at radius 3 is 2.90 bits per heavy atom. The number of hydrogen-bond acceptors (Lipinski definition) is 5. The summed E-state index contributed by atoms with van der Waals surface area (Å²) in [6.45, 7) is 6.51. The zero-order valence-corrected chi connectivity index (χ0v) is 11.9. The van der Waals surface area contributed by atoms with Crippen molar-refractivity contribution in [2.24, 2.45) is 5.92 Å². The van der Waals surface area contributed by atoms with E-state index < -0.39 is 0 Å². The Balaban J connectivity index is 1.69. The molecule has 2 bridgehead atoms. The molecule has 6 nitrogen and oxygen atoms in total. The number of carbonyl (C=O) groups is 1. The Hall–Kier alpha value is -1.85. The van der Waals surface area contributed by atoms with Crippen LogP contribution in [0.3, 0.4) is 0 Å². The lowest BCUT2D eigenvalue weighted by Crippen LogP contribution is -2.46. The molecule has 2 aliphatic rings. The van der Waals surface area contributed by atoms with Crippen LogP contribution < -0.4 is 9.64 Å². The molecule has 2 aliphatic heterocycles. The minimum Gasteiger partial charge on any atom is -0.477 e. The summed E-state index contributed by atoms with van der Waals surface area (Å²) in [5.41, 5.74) is 0. The number of piperazine rings is 1. The molecule has 108 valence electrons. The van der Waals surface area contributed by atoms with Crippen LogP contribution in [0.5, 0.6) is 5.88 Å². The SMILES string of the molecule is CC(C)COc1cc(N2C[C@@H]3C[C@H]2CN3C=O)ncn1. The molecule has 0 aromatic carbocycles. The van der Waals surface area contributed by atoms with Crippen LogP contribution in [0.15, 0.2) is 12.4 Å². The molecule has 1 aromatic rings. The standard InChI is InChI=1S/C14H20N4O2/c1-10(2)7-20-14-4-13(15-8-16-14)18-6-11-3-12(18)5-17(11)9-19/h4,8-12H,3,5-7H2,1-2H3/t11-,12-/m0/s1. The summed E-state index contributed by atoms with van der Waals surface area (Å²) in [6, 6.07) is 2.60. The predicted octanol–water partition coefficient (Wildman–Crippen LogP) is 0.931. The molecule has 0 aliphatic carbocycles. The highest BCUT2D eigenvalue weighted by molar-refractivity contribution is 5.53. The molecule has 6 heteroatoms. The van der Waals surface area contributed by atoms with Crippen LogP contribution in [-0.2, 0) is 4.79 Å². The number of ether oxygens (including phenoxy) is 1. The molecule has 0 N–H and O–H groups in total. The maximum atomic E-state index is 10.9. The first kappa shape index (κ1) is 13.1. The van der Waals surface area contributed by atoms with E-state index in [4.69, 9.17) is 4.74 Å². The van der Waals surface area contributed by atoms with E-state index in [1.165, 1.54) is 0 Å². The summed E-state index contributed by atoms with van der Waals surface area (Å²) < 4.78 is 5.65. The van der Waals surface area contributed by atoms with E-state index in [-0.39, 0.29) is 0 Å². The summed E-state index contributed by atoms with van der Waals surface area (Å²) in [6.07, 6.45) is 3.54. The summed E-state index contributed by atoms with van der Waals surface area (Å²) in [7, 11) is 0. The van der Waals surface area contributed by atoms with Crippen LogP contribution in [0.4, 0.5) is 5.82 Å². The molecule has 2 atom stereocenters. The zero-order valence-electron chi connectivity index (χ0n) is 11.9. The van der Waals surface area contributed by atoms with E-state index in [1.807, 2.05) is 11.0 Å². The van der Waals surface area contributed by atoms with Gasteiger partial charge in [-0.3, -0.25) is 4.79 Å². The first-order valence-electron chi connectivity index (χ1n) is 7.10. The molecule has 0 radical (unpaired) electrons. The molecule has 3 heterocycles. The van der Waals surface area contributed by atoms with Gasteiger partial charge in [0.2, 0.25) is 12.3 Å². The van der Waals surface area contributed by atoms with Gasteiger partial charge < -0.3 is 14.5 Å². The van der Waals surface area contributed by atoms with E-state index in [2.05, 4.69) is 28.7 Å². The fraction of sp³-hybridized carbons (Fsp3) is 0.643. The van der Waals surface area contributed by atoms with Crippen LogP contribution in [0, 0.1) is 5.92 Å². The smallest absolute Gasteiger partial charge is 0.218 e. The maximum absolute atomic E-state index is 10.9. The van der Waals surface area contributed by atoms with Gasteiger partial charge in [0, 0.05) is 19.2 Å². The van der Waals surface area contributed by atoms with Crippen molar-refractivity contribution < 1.29 is 9.53 Å². The minimum absolute atomic E-state index is 0.326. The molecular weight excluding hydrogens is 256 g/mol. The van der Waals surface area contributed by atoms with Crippen molar-refractivity contribution in [1.82, 2.24) is 14.9 Å². The second-order valence-electron chi connectivity index (χ2n) is 5.92. The Morgan fingerprint density at radius 1 is 1.40 bits per heavy atom. The first-order valence-corrected chi connectivity index (χ1v) is 7.10. The van der Waals surface area contributed by atoms with E-state index in [1.54, 1.807) is 6.33 Å². The van der Waals surface area contributed by atoms with Crippen LogP contribution in [-0.4, -0.2) is 53.1 Å². The monoisotopic (exact) mass is 276 g/mol. The van der Waals surface area contributed by atoms with E-state index in [9.17, 15) is 4.79 Å². The average Bonchev–Trinajstić information content (AvgIpc) is 3.05. The second-order valence-corrected chi connectivity index (χ2v) is 5.92. The molecule has 0 spiro atoms. The molecule has 2 fully saturated rings. The van der Waals surface area contributed by atoms with Crippen molar-refractivity contribution in [2.75, 3.05) is 24.6 Å². The van der Waals surface area contributed by atoms with Crippen LogP contribution in [0.1, 0.15) is 20.3 Å². The summed E-state index contributed by atoms with van der Waals surface area (Å²) in [5, 5.41) is 0. The fourth-order valence-electron chi connectivity index (χ4n) is 2.93. The van der Waals surface area contributed by atoms with Gasteiger partial charge in [-0.25, -0.2) is 9.97 Å². The van der Waals surface area contributed by atoms with E-state index >= 15 is 0 Å². The minimum atomic E-state index is 0.326. The number of anilines is 1. The average molecular weight is 276 g/mol. The second kappa shape index (κ2) is 5.26. The third-order valence-corrected chi connectivity index (χ3v) is 3.90. The molecule has 1 aromatic heterocycles. The van der Waals surface area contributed by atoms with E-state index in [0.29, 0.717) is 30.5 Å². The van der Waals surface area contributed by atoms with Crippen molar-refractivity contribution in [3.8, 4) is 5.88 Å². The van der Waals surface area contributed by atoms with Gasteiger partial charge in [-0.15, -0.1) is 0 Å². The van der Waals surface area contributed by atoms with Crippen molar-refractivity contribution >= 4 is 12.2 Å². The first-order chi connectivity index (χ1) is 9.67. The number of rotatable bonds is 5. The Bertz CT molecular complexity index is 494. The molecule has 3 rings (SSSR count). The molecule has 0 saturated carbocycles. The molecule has 20 heavy (non-hydrogen) atoms. The molecule has 2 saturated heterocycles. The van der Waals surface area contributed by atoms with Crippen LogP contribution >= 0.6 is 0 Å². The molecular formula is C14H20N4O2. The largest absolute Gasteiger partial charge is 0.477 e. The van der Waals surface area contributed by atoms with Crippen LogP contribution in [0.2, 0.25) is 0 Å². The normalized spacial score (nSPS) is 24.6. The maximum Gasteiger partial charge on any atom is 0.218 e. The number of amides is 1. The zero-order chi connectivity index (χ0) is 14.1. The molecule has 0 unspecified atom stereocenters. The third-order valence-electron chi connectivity index (χ3n) is 3.90. The lowest BCUT2D eigenvalue weighted by molar-refractivity contribution is -0.119. The Labute approximate surface area is 118 Å². The highest BCUT2D eigenvalue weighted by atomic mass is 16.5. The number of aromatic nitrogens is 2. The van der Waals surface area contributed by atoms with Gasteiger partial charge in [0.1, 0.15) is 12.1 Å². The van der Waals surface area contributed by atoms with Crippen molar-refractivity contribution in [3.05, 3.63) is 12.4 Å². The summed E-state index contributed by atoms with van der Waals surface area (Å²) in [4.78, 5) is 23.5. The van der Waals surface area contributed by atoms with Gasteiger partial charge >= 0.3 is 0 Å². The number of nitrogens with zero attached hydrogens (tertiary/aromatic N) is 4. The van der Waals surface area contributed by atoms with Crippen LogP contribution in [0.25, 0.3) is 0 Å². The fourth-order valence-corrected chi connectivity index (χ4v) is 2.93. The number of hydrogen-bond donors (Lipinski definition) is 0. The van der Waals surface area contributed by atoms with Gasteiger partial charge in [0.15, 0.2) is 0 Å². The van der Waals surface area contributed by atoms with Gasteiger partial charge in [-0.1, -0.05) is 13.8 Å². The summed E-state index contributed by atoms with van der Waals surface area (Å²) in [5.74, 6) is 1.99. The predicted molar refractivity (Wildman–Crippen MR) is 74.7 cm³/mol. The van der Waals surface area contributed by atoms with Gasteiger partial charge in [-0.2, -0.15) is 0 Å². The summed E-state index contributed by atoms with van der Waals surface area (Å²) >= 11 is 0. The third kappa shape index (κ3) is 2.42. The number of carbonyl (C=O) groups excluding carboxylic acids is 1. The Kier molecular flexibility index (Phi) is 3.46. The topological polar surface area (TPSA) is 58.6 Å². The molecule has 1 amide bonds. The highest BCUT2D eigenvalue weighted by Crippen LogP contribution is 2.33. The quantitative estimate of drug-likeness (QED) is 0.749. The van der Waals surface area contributed by atoms with Gasteiger partial charge in [0.25, 0.3) is 0 Å². The van der Waals surface area contributed by atoms with Crippen molar-refractivity contribution in [3.63, 3.8) is 0 Å². The number of likely N-dealkylation sites (tertiary alicyclic amines) is 1. The van der Waals surface area contributed by atoms with E-state index in [0.717, 1.165) is 31.7 Å². The van der Waals surface area contributed by atoms with Gasteiger partial charge in [0.05, 0.1) is 18.7 Å². The lowest BCUT2D eigenvalue weighted by Gasteiger charge is -2.32. The van der Waals surface area contributed by atoms with Gasteiger partial charge in [-0.05, 0) is 12.3 Å². The highest BCUT2D eigenvalue weighted by Gasteiger charge is 2.43. The number of fused-ring (bicyclic) bond motifs is 2. The van der Waals surface area contributed by atoms with Crippen molar-refractivity contribution in [1.29, 1.82) is 0 Å². The Morgan fingerprint density at radius 2 is 2.25 bits per heavy atom. The lowest BCUT2D eigenvalue weighted by atomic mass is 10.2. The van der Waals surface area contributed by atoms with Crippen molar-refractivity contribution in [2.45, 2.75) is 32.4 Å².